The maximum atomic E-state index is 11.9. The minimum absolute atomic E-state index is 0.0268. The van der Waals surface area contributed by atoms with Gasteiger partial charge in [-0.15, -0.1) is 0 Å². The first-order valence-corrected chi connectivity index (χ1v) is 9.71. The molecule has 0 bridgehead atoms. The summed E-state index contributed by atoms with van der Waals surface area (Å²) in [6, 6.07) is 0.0268. The average Bonchev–Trinajstić information content (AvgIpc) is 2.64. The van der Waals surface area contributed by atoms with Crippen LogP contribution in [-0.4, -0.2) is 43.1 Å². The Morgan fingerprint density at radius 2 is 1.96 bits per heavy atom. The van der Waals surface area contributed by atoms with E-state index >= 15 is 0 Å². The van der Waals surface area contributed by atoms with Crippen molar-refractivity contribution in [3.8, 4) is 0 Å². The Labute approximate surface area is 152 Å². The van der Waals surface area contributed by atoms with Gasteiger partial charge in [-0.05, 0) is 44.6 Å². The van der Waals surface area contributed by atoms with E-state index < -0.39 is 0 Å². The number of allylic oxidation sites excluding steroid dienone is 2. The molecule has 0 unspecified atom stereocenters. The third-order valence-corrected chi connectivity index (χ3v) is 4.22. The third kappa shape index (κ3) is 9.95. The first-order chi connectivity index (χ1) is 12.2. The van der Waals surface area contributed by atoms with Crippen LogP contribution in [0.3, 0.4) is 0 Å². The normalized spacial score (nSPS) is 13.3. The molecule has 0 aromatic heterocycles. The number of ether oxygens (including phenoxy) is 1. The van der Waals surface area contributed by atoms with Gasteiger partial charge in [0.1, 0.15) is 6.61 Å². The van der Waals surface area contributed by atoms with Crippen molar-refractivity contribution in [2.24, 2.45) is 0 Å². The van der Waals surface area contributed by atoms with E-state index in [0.717, 1.165) is 63.6 Å². The second kappa shape index (κ2) is 13.5. The lowest BCUT2D eigenvalue weighted by molar-refractivity contribution is -0.142. The van der Waals surface area contributed by atoms with Gasteiger partial charge in [-0.1, -0.05) is 38.0 Å². The smallest absolute Gasteiger partial charge is 0.317 e. The van der Waals surface area contributed by atoms with E-state index in [1.165, 1.54) is 0 Å². The highest BCUT2D eigenvalue weighted by molar-refractivity contribution is 5.74. The second-order valence-corrected chi connectivity index (χ2v) is 6.40. The van der Waals surface area contributed by atoms with Gasteiger partial charge in [-0.2, -0.15) is 0 Å². The zero-order valence-corrected chi connectivity index (χ0v) is 15.9. The minimum atomic E-state index is -0.119. The number of hydrogen-bond donors (Lipinski definition) is 1. The highest BCUT2D eigenvalue weighted by Crippen LogP contribution is 2.10. The van der Waals surface area contributed by atoms with Crippen LogP contribution in [0.5, 0.6) is 0 Å². The summed E-state index contributed by atoms with van der Waals surface area (Å²) in [4.78, 5) is 25.4. The molecule has 5 nitrogen and oxygen atoms in total. The number of carbonyl (C=O) groups excluding carboxylic acids is 2. The van der Waals surface area contributed by atoms with Crippen molar-refractivity contribution in [1.82, 2.24) is 10.2 Å². The van der Waals surface area contributed by atoms with E-state index in [9.17, 15) is 9.59 Å². The summed E-state index contributed by atoms with van der Waals surface area (Å²) < 4.78 is 5.28. The number of urea groups is 1. The first kappa shape index (κ1) is 21.3. The van der Waals surface area contributed by atoms with E-state index in [4.69, 9.17) is 4.74 Å². The molecule has 25 heavy (non-hydrogen) atoms. The minimum Gasteiger partial charge on any atom is -0.461 e. The van der Waals surface area contributed by atoms with E-state index in [1.54, 1.807) is 0 Å². The maximum Gasteiger partial charge on any atom is 0.317 e. The summed E-state index contributed by atoms with van der Waals surface area (Å²) >= 11 is 0. The predicted octanol–water partition coefficient (Wildman–Crippen LogP) is 4.20. The molecule has 0 saturated heterocycles. The number of amides is 2. The van der Waals surface area contributed by atoms with Gasteiger partial charge >= 0.3 is 12.0 Å². The predicted molar refractivity (Wildman–Crippen MR) is 101 cm³/mol. The van der Waals surface area contributed by atoms with Crippen molar-refractivity contribution in [2.45, 2.75) is 65.2 Å². The molecule has 5 heteroatoms. The van der Waals surface area contributed by atoms with Gasteiger partial charge < -0.3 is 15.0 Å². The number of rotatable bonds is 12. The molecule has 1 aliphatic carbocycles. The van der Waals surface area contributed by atoms with Crippen LogP contribution in [0.15, 0.2) is 23.8 Å². The van der Waals surface area contributed by atoms with Gasteiger partial charge in [0.15, 0.2) is 0 Å². The Bertz CT molecular complexity index is 458. The van der Waals surface area contributed by atoms with Gasteiger partial charge in [-0.3, -0.25) is 4.79 Å². The highest BCUT2D eigenvalue weighted by atomic mass is 16.5. The van der Waals surface area contributed by atoms with Crippen LogP contribution in [0.1, 0.15) is 65.2 Å². The van der Waals surface area contributed by atoms with Crippen LogP contribution in [0, 0.1) is 0 Å². The van der Waals surface area contributed by atoms with Crippen molar-refractivity contribution in [3.63, 3.8) is 0 Å². The lowest BCUT2D eigenvalue weighted by Crippen LogP contribution is -2.40. The van der Waals surface area contributed by atoms with E-state index in [0.29, 0.717) is 19.6 Å². The number of esters is 1. The molecule has 0 radical (unpaired) electrons. The Kier molecular flexibility index (Phi) is 11.5. The highest BCUT2D eigenvalue weighted by Gasteiger charge is 2.09. The molecule has 1 rings (SSSR count). The summed E-state index contributed by atoms with van der Waals surface area (Å²) in [6.45, 7) is 6.71. The van der Waals surface area contributed by atoms with Gasteiger partial charge in [0.25, 0.3) is 0 Å². The molecule has 0 spiro atoms. The standard InChI is InChI=1S/C20H34N2O3/c1-3-16-22(4-2)20(24)21-15-11-6-5-10-14-19(23)25-17-18-12-8-7-9-13-18/h8,12-13H,3-7,9-11,14-17H2,1-2H3,(H,21,24). The van der Waals surface area contributed by atoms with Crippen LogP contribution in [0.4, 0.5) is 4.79 Å². The van der Waals surface area contributed by atoms with Crippen molar-refractivity contribution in [1.29, 1.82) is 0 Å². The van der Waals surface area contributed by atoms with Crippen LogP contribution in [0.2, 0.25) is 0 Å². The van der Waals surface area contributed by atoms with Crippen LogP contribution >= 0.6 is 0 Å². The Balaban J connectivity index is 1.97. The van der Waals surface area contributed by atoms with E-state index in [2.05, 4.69) is 24.4 Å². The van der Waals surface area contributed by atoms with Crippen LogP contribution in [0.25, 0.3) is 0 Å². The van der Waals surface area contributed by atoms with Crippen molar-refractivity contribution in [3.05, 3.63) is 23.8 Å². The molecule has 0 aromatic rings. The zero-order valence-electron chi connectivity index (χ0n) is 15.9. The summed E-state index contributed by atoms with van der Waals surface area (Å²) in [5.74, 6) is -0.119. The number of carbonyl (C=O) groups is 2. The number of nitrogens with one attached hydrogen (secondary N) is 1. The van der Waals surface area contributed by atoms with E-state index in [1.807, 2.05) is 17.9 Å². The summed E-state index contributed by atoms with van der Waals surface area (Å²) in [7, 11) is 0. The number of nitrogens with zero attached hydrogens (tertiary/aromatic N) is 1. The Morgan fingerprint density at radius 3 is 2.64 bits per heavy atom. The van der Waals surface area contributed by atoms with Crippen LogP contribution in [-0.2, 0) is 9.53 Å². The molecule has 0 saturated carbocycles. The molecule has 0 heterocycles. The second-order valence-electron chi connectivity index (χ2n) is 6.40. The van der Waals surface area contributed by atoms with Crippen molar-refractivity contribution < 1.29 is 14.3 Å². The molecule has 1 aliphatic rings. The van der Waals surface area contributed by atoms with Crippen molar-refractivity contribution >= 4 is 12.0 Å². The SMILES string of the molecule is CCCN(CC)C(=O)NCCCCCCC(=O)OCC1=CCCC=C1. The lowest BCUT2D eigenvalue weighted by atomic mass is 10.1. The molecule has 0 aromatic carbocycles. The number of unbranched alkanes of at least 4 members (excludes halogenated alkanes) is 3. The van der Waals surface area contributed by atoms with Gasteiger partial charge in [0.2, 0.25) is 0 Å². The average molecular weight is 351 g/mol. The summed E-state index contributed by atoms with van der Waals surface area (Å²) in [5.41, 5.74) is 1.10. The van der Waals surface area contributed by atoms with E-state index in [-0.39, 0.29) is 12.0 Å². The summed E-state index contributed by atoms with van der Waals surface area (Å²) in [5, 5.41) is 2.96. The monoisotopic (exact) mass is 350 g/mol. The fraction of sp³-hybridized carbons (Fsp3) is 0.700. The van der Waals surface area contributed by atoms with Gasteiger partial charge in [0.05, 0.1) is 0 Å². The molecule has 0 fully saturated rings. The maximum absolute atomic E-state index is 11.9. The van der Waals surface area contributed by atoms with Gasteiger partial charge in [0, 0.05) is 26.1 Å². The van der Waals surface area contributed by atoms with Crippen molar-refractivity contribution in [2.75, 3.05) is 26.2 Å². The number of hydrogen-bond acceptors (Lipinski definition) is 3. The molecule has 2 amide bonds. The Morgan fingerprint density at radius 1 is 1.16 bits per heavy atom. The van der Waals surface area contributed by atoms with Gasteiger partial charge in [-0.25, -0.2) is 4.79 Å². The van der Waals surface area contributed by atoms with Crippen LogP contribution < -0.4 is 5.32 Å². The topological polar surface area (TPSA) is 58.6 Å². The third-order valence-electron chi connectivity index (χ3n) is 4.22. The lowest BCUT2D eigenvalue weighted by Gasteiger charge is -2.20. The zero-order chi connectivity index (χ0) is 18.3. The molecule has 1 N–H and O–H groups in total. The molecule has 0 aliphatic heterocycles. The Hall–Kier alpha value is -1.78. The quantitative estimate of drug-likeness (QED) is 0.424. The fourth-order valence-corrected chi connectivity index (χ4v) is 2.74. The first-order valence-electron chi connectivity index (χ1n) is 9.71. The fourth-order valence-electron chi connectivity index (χ4n) is 2.74. The molecular formula is C20H34N2O3. The molecular weight excluding hydrogens is 316 g/mol. The molecule has 0 atom stereocenters. The molecule has 142 valence electrons. The summed E-state index contributed by atoms with van der Waals surface area (Å²) in [6.07, 6.45) is 13.6. The largest absolute Gasteiger partial charge is 0.461 e.